The molecule has 0 fully saturated rings. The first-order chi connectivity index (χ1) is 8.98. The van der Waals surface area contributed by atoms with E-state index in [4.69, 9.17) is 0 Å². The second-order valence-electron chi connectivity index (χ2n) is 5.76. The van der Waals surface area contributed by atoms with Crippen LogP contribution in [0.5, 0.6) is 0 Å². The first kappa shape index (κ1) is 14.1. The zero-order valence-electron chi connectivity index (χ0n) is 12.0. The zero-order valence-corrected chi connectivity index (χ0v) is 12.0. The molecule has 0 saturated carbocycles. The Morgan fingerprint density at radius 1 is 1.42 bits per heavy atom. The van der Waals surface area contributed by atoms with Crippen LogP contribution in [0, 0.1) is 0 Å². The second kappa shape index (κ2) is 5.33. The minimum atomic E-state index is -0.829. The number of carboxylic acids is 1. The average molecular weight is 261 g/mol. The van der Waals surface area contributed by atoms with Crippen molar-refractivity contribution in [2.45, 2.75) is 51.6 Å². The lowest BCUT2D eigenvalue weighted by Gasteiger charge is -2.42. The number of carbonyl (C=O) groups is 1. The Bertz CT molecular complexity index is 468. The molecule has 1 N–H and O–H groups in total. The van der Waals surface area contributed by atoms with Gasteiger partial charge in [0, 0.05) is 6.04 Å². The molecular formula is C16H23NO2. The minimum Gasteiger partial charge on any atom is -0.480 e. The molecule has 0 aliphatic heterocycles. The van der Waals surface area contributed by atoms with Gasteiger partial charge in [0.25, 0.3) is 0 Å². The molecule has 0 heterocycles. The van der Waals surface area contributed by atoms with Crippen LogP contribution in [0.2, 0.25) is 0 Å². The number of aryl methyl sites for hydroxylation is 1. The second-order valence-corrected chi connectivity index (χ2v) is 5.76. The van der Waals surface area contributed by atoms with E-state index in [1.165, 1.54) is 11.1 Å². The lowest BCUT2D eigenvalue weighted by Crippen LogP contribution is -2.52. The molecular weight excluding hydrogens is 238 g/mol. The summed E-state index contributed by atoms with van der Waals surface area (Å²) in [5.74, 6) is -0.752. The Kier molecular flexibility index (Phi) is 3.95. The minimum absolute atomic E-state index is 0.223. The molecule has 1 unspecified atom stereocenters. The Morgan fingerprint density at radius 2 is 2.11 bits per heavy atom. The maximum atomic E-state index is 11.5. The first-order valence-electron chi connectivity index (χ1n) is 7.06. The van der Waals surface area contributed by atoms with Gasteiger partial charge in [-0.25, -0.2) is 0 Å². The summed E-state index contributed by atoms with van der Waals surface area (Å²) < 4.78 is 0. The molecule has 1 aliphatic rings. The number of likely N-dealkylation sites (N-methyl/N-ethyl adjacent to an activating group) is 1. The number of hydrogen-bond acceptors (Lipinski definition) is 2. The largest absolute Gasteiger partial charge is 0.480 e. The maximum absolute atomic E-state index is 11.5. The Balaban J connectivity index is 2.38. The summed E-state index contributed by atoms with van der Waals surface area (Å²) in [6.45, 7) is 6.40. The average Bonchev–Trinajstić information content (AvgIpc) is 2.39. The number of carboxylic acid groups (broad SMARTS) is 1. The monoisotopic (exact) mass is 261 g/mol. The molecule has 104 valence electrons. The van der Waals surface area contributed by atoms with Gasteiger partial charge in [-0.05, 0) is 50.8 Å². The molecule has 1 aliphatic carbocycles. The molecule has 3 heteroatoms. The fourth-order valence-corrected chi connectivity index (χ4v) is 3.18. The van der Waals surface area contributed by atoms with Gasteiger partial charge in [-0.15, -0.1) is 0 Å². The molecule has 0 aromatic heterocycles. The quantitative estimate of drug-likeness (QED) is 0.904. The molecule has 0 radical (unpaired) electrons. The van der Waals surface area contributed by atoms with E-state index in [0.717, 1.165) is 25.8 Å². The van der Waals surface area contributed by atoms with Crippen LogP contribution < -0.4 is 0 Å². The van der Waals surface area contributed by atoms with Crippen LogP contribution in [-0.2, 0) is 11.2 Å². The summed E-state index contributed by atoms with van der Waals surface area (Å²) in [6.07, 6.45) is 3.28. The molecule has 2 rings (SSSR count). The highest BCUT2D eigenvalue weighted by Crippen LogP contribution is 2.37. The van der Waals surface area contributed by atoms with E-state index in [1.54, 1.807) is 13.8 Å². The predicted octanol–water partition coefficient (Wildman–Crippen LogP) is 3.25. The van der Waals surface area contributed by atoms with Gasteiger partial charge >= 0.3 is 5.97 Å². The van der Waals surface area contributed by atoms with Crippen molar-refractivity contribution in [2.75, 3.05) is 6.54 Å². The predicted molar refractivity (Wildman–Crippen MR) is 76.2 cm³/mol. The van der Waals surface area contributed by atoms with Gasteiger partial charge < -0.3 is 5.11 Å². The fourth-order valence-electron chi connectivity index (χ4n) is 3.18. The number of hydrogen-bond donors (Lipinski definition) is 1. The molecule has 1 aromatic carbocycles. The van der Waals surface area contributed by atoms with Crippen molar-refractivity contribution in [3.63, 3.8) is 0 Å². The summed E-state index contributed by atoms with van der Waals surface area (Å²) in [5, 5.41) is 9.48. The molecule has 0 bridgehead atoms. The lowest BCUT2D eigenvalue weighted by atomic mass is 9.84. The number of nitrogens with zero attached hydrogens (tertiary/aromatic N) is 1. The van der Waals surface area contributed by atoms with Crippen LogP contribution in [0.3, 0.4) is 0 Å². The maximum Gasteiger partial charge on any atom is 0.323 e. The summed E-state index contributed by atoms with van der Waals surface area (Å²) in [7, 11) is 0. The van der Waals surface area contributed by atoms with Gasteiger partial charge in [0.05, 0.1) is 0 Å². The SMILES string of the molecule is CCN(C1CCCc2ccccc21)C(C)(C)C(=O)O. The van der Waals surface area contributed by atoms with Crippen molar-refractivity contribution in [1.29, 1.82) is 0 Å². The van der Waals surface area contributed by atoms with Crippen molar-refractivity contribution in [1.82, 2.24) is 4.90 Å². The van der Waals surface area contributed by atoms with E-state index in [-0.39, 0.29) is 6.04 Å². The standard InChI is InChI=1S/C16H23NO2/c1-4-17(16(2,3)15(18)19)14-11-7-9-12-8-5-6-10-13(12)14/h5-6,8,10,14H,4,7,9,11H2,1-3H3,(H,18,19). The Hall–Kier alpha value is -1.35. The fraction of sp³-hybridized carbons (Fsp3) is 0.562. The van der Waals surface area contributed by atoms with Gasteiger partial charge in [-0.3, -0.25) is 9.69 Å². The van der Waals surface area contributed by atoms with Crippen molar-refractivity contribution in [3.05, 3.63) is 35.4 Å². The van der Waals surface area contributed by atoms with E-state index in [0.29, 0.717) is 0 Å². The van der Waals surface area contributed by atoms with Gasteiger partial charge in [-0.2, -0.15) is 0 Å². The highest BCUT2D eigenvalue weighted by Gasteiger charge is 2.39. The van der Waals surface area contributed by atoms with Crippen LogP contribution in [0.25, 0.3) is 0 Å². The van der Waals surface area contributed by atoms with Crippen LogP contribution in [0.4, 0.5) is 0 Å². The summed E-state index contributed by atoms with van der Waals surface area (Å²) >= 11 is 0. The molecule has 1 aromatic rings. The third-order valence-corrected chi connectivity index (χ3v) is 4.30. The van der Waals surface area contributed by atoms with Crippen molar-refractivity contribution in [3.8, 4) is 0 Å². The highest BCUT2D eigenvalue weighted by molar-refractivity contribution is 5.77. The Labute approximate surface area is 115 Å². The normalized spacial score (nSPS) is 19.3. The molecule has 3 nitrogen and oxygen atoms in total. The molecule has 0 amide bonds. The summed E-state index contributed by atoms with van der Waals surface area (Å²) in [5.41, 5.74) is 1.85. The van der Waals surface area contributed by atoms with Gasteiger partial charge in [0.15, 0.2) is 0 Å². The number of aliphatic carboxylic acids is 1. The van der Waals surface area contributed by atoms with Gasteiger partial charge in [0.1, 0.15) is 5.54 Å². The third kappa shape index (κ3) is 2.52. The van der Waals surface area contributed by atoms with Crippen LogP contribution >= 0.6 is 0 Å². The molecule has 1 atom stereocenters. The van der Waals surface area contributed by atoms with Crippen LogP contribution in [0.1, 0.15) is 50.8 Å². The van der Waals surface area contributed by atoms with Crippen LogP contribution in [-0.4, -0.2) is 28.1 Å². The van der Waals surface area contributed by atoms with E-state index in [2.05, 4.69) is 29.2 Å². The van der Waals surface area contributed by atoms with E-state index >= 15 is 0 Å². The Morgan fingerprint density at radius 3 is 2.74 bits per heavy atom. The third-order valence-electron chi connectivity index (χ3n) is 4.30. The first-order valence-corrected chi connectivity index (χ1v) is 7.06. The van der Waals surface area contributed by atoms with E-state index in [9.17, 15) is 9.90 Å². The summed E-state index contributed by atoms with van der Waals surface area (Å²) in [6, 6.07) is 8.67. The van der Waals surface area contributed by atoms with Crippen molar-refractivity contribution < 1.29 is 9.90 Å². The topological polar surface area (TPSA) is 40.5 Å². The lowest BCUT2D eigenvalue weighted by molar-refractivity contribution is -0.151. The number of rotatable bonds is 4. The molecule has 0 saturated heterocycles. The smallest absolute Gasteiger partial charge is 0.323 e. The van der Waals surface area contributed by atoms with Crippen molar-refractivity contribution in [2.24, 2.45) is 0 Å². The summed E-state index contributed by atoms with van der Waals surface area (Å²) in [4.78, 5) is 13.7. The highest BCUT2D eigenvalue weighted by atomic mass is 16.4. The van der Waals surface area contributed by atoms with E-state index in [1.807, 2.05) is 6.92 Å². The van der Waals surface area contributed by atoms with Crippen molar-refractivity contribution >= 4 is 5.97 Å². The zero-order chi connectivity index (χ0) is 14.0. The molecule has 0 spiro atoms. The van der Waals surface area contributed by atoms with E-state index < -0.39 is 11.5 Å². The van der Waals surface area contributed by atoms with Gasteiger partial charge in [-0.1, -0.05) is 31.2 Å². The number of fused-ring (bicyclic) bond motifs is 1. The number of benzene rings is 1. The molecule has 19 heavy (non-hydrogen) atoms. The van der Waals surface area contributed by atoms with Crippen LogP contribution in [0.15, 0.2) is 24.3 Å². The van der Waals surface area contributed by atoms with Gasteiger partial charge in [0.2, 0.25) is 0 Å².